The van der Waals surface area contributed by atoms with E-state index in [1.165, 1.54) is 12.8 Å². The summed E-state index contributed by atoms with van der Waals surface area (Å²) in [5.74, 6) is 1.04. The SMILES string of the molecule is NCC=CCN(Cc1ccco1)C1CC1. The van der Waals surface area contributed by atoms with Gasteiger partial charge in [-0.15, -0.1) is 0 Å². The van der Waals surface area contributed by atoms with Crippen LogP contribution < -0.4 is 5.73 Å². The number of furan rings is 1. The van der Waals surface area contributed by atoms with Crippen LogP contribution >= 0.6 is 0 Å². The summed E-state index contributed by atoms with van der Waals surface area (Å²) in [6.07, 6.45) is 8.52. The van der Waals surface area contributed by atoms with Crippen LogP contribution in [0.15, 0.2) is 35.0 Å². The maximum atomic E-state index is 5.42. The molecule has 15 heavy (non-hydrogen) atoms. The topological polar surface area (TPSA) is 42.4 Å². The molecule has 0 saturated heterocycles. The molecule has 0 unspecified atom stereocenters. The van der Waals surface area contributed by atoms with E-state index in [-0.39, 0.29) is 0 Å². The quantitative estimate of drug-likeness (QED) is 0.721. The molecule has 0 aromatic carbocycles. The molecule has 1 aromatic rings. The zero-order valence-corrected chi connectivity index (χ0v) is 8.93. The average Bonchev–Trinajstić information content (AvgIpc) is 2.97. The molecule has 82 valence electrons. The summed E-state index contributed by atoms with van der Waals surface area (Å²) in [4.78, 5) is 2.44. The van der Waals surface area contributed by atoms with Crippen LogP contribution in [0.25, 0.3) is 0 Å². The van der Waals surface area contributed by atoms with Gasteiger partial charge in [0.25, 0.3) is 0 Å². The molecular weight excluding hydrogens is 188 g/mol. The van der Waals surface area contributed by atoms with Gasteiger partial charge >= 0.3 is 0 Å². The molecule has 0 radical (unpaired) electrons. The summed E-state index contributed by atoms with van der Waals surface area (Å²) in [7, 11) is 0. The molecule has 1 saturated carbocycles. The van der Waals surface area contributed by atoms with E-state index in [9.17, 15) is 0 Å². The molecule has 1 heterocycles. The Hall–Kier alpha value is -1.06. The number of hydrogen-bond donors (Lipinski definition) is 1. The van der Waals surface area contributed by atoms with Gasteiger partial charge in [0.2, 0.25) is 0 Å². The van der Waals surface area contributed by atoms with Crippen LogP contribution in [0.5, 0.6) is 0 Å². The largest absolute Gasteiger partial charge is 0.468 e. The summed E-state index contributed by atoms with van der Waals surface area (Å²) >= 11 is 0. The maximum Gasteiger partial charge on any atom is 0.117 e. The van der Waals surface area contributed by atoms with Crippen molar-refractivity contribution in [2.45, 2.75) is 25.4 Å². The van der Waals surface area contributed by atoms with E-state index in [1.807, 2.05) is 18.2 Å². The number of rotatable bonds is 6. The first kappa shape index (κ1) is 10.5. The van der Waals surface area contributed by atoms with Crippen molar-refractivity contribution in [3.8, 4) is 0 Å². The van der Waals surface area contributed by atoms with E-state index in [2.05, 4.69) is 11.0 Å². The number of hydrogen-bond acceptors (Lipinski definition) is 3. The Bertz CT molecular complexity index is 301. The minimum Gasteiger partial charge on any atom is -0.468 e. The highest BCUT2D eigenvalue weighted by Gasteiger charge is 2.28. The minimum atomic E-state index is 0.624. The summed E-state index contributed by atoms with van der Waals surface area (Å²) < 4.78 is 5.36. The lowest BCUT2D eigenvalue weighted by Crippen LogP contribution is -2.25. The Kier molecular flexibility index (Phi) is 3.59. The zero-order valence-electron chi connectivity index (χ0n) is 8.93. The van der Waals surface area contributed by atoms with Gasteiger partial charge in [0.05, 0.1) is 12.8 Å². The van der Waals surface area contributed by atoms with Crippen molar-refractivity contribution in [1.82, 2.24) is 4.90 Å². The number of nitrogens with two attached hydrogens (primary N) is 1. The van der Waals surface area contributed by atoms with Crippen LogP contribution in [-0.2, 0) is 6.54 Å². The molecular formula is C12H18N2O. The van der Waals surface area contributed by atoms with Crippen LogP contribution in [0.1, 0.15) is 18.6 Å². The summed E-state index contributed by atoms with van der Waals surface area (Å²) in [5, 5.41) is 0. The fraction of sp³-hybridized carbons (Fsp3) is 0.500. The Morgan fingerprint density at radius 2 is 2.33 bits per heavy atom. The molecule has 3 nitrogen and oxygen atoms in total. The van der Waals surface area contributed by atoms with Gasteiger partial charge in [0.1, 0.15) is 5.76 Å². The predicted molar refractivity (Wildman–Crippen MR) is 60.3 cm³/mol. The number of nitrogens with zero attached hydrogens (tertiary/aromatic N) is 1. The van der Waals surface area contributed by atoms with Crippen molar-refractivity contribution >= 4 is 0 Å². The second kappa shape index (κ2) is 5.14. The van der Waals surface area contributed by atoms with Gasteiger partial charge in [-0.1, -0.05) is 12.2 Å². The third kappa shape index (κ3) is 3.22. The fourth-order valence-electron chi connectivity index (χ4n) is 1.69. The predicted octanol–water partition coefficient (Wildman–Crippen LogP) is 1.76. The van der Waals surface area contributed by atoms with Crippen molar-refractivity contribution < 1.29 is 4.42 Å². The van der Waals surface area contributed by atoms with E-state index >= 15 is 0 Å². The van der Waals surface area contributed by atoms with Gasteiger partial charge in [0.15, 0.2) is 0 Å². The monoisotopic (exact) mass is 206 g/mol. The lowest BCUT2D eigenvalue weighted by molar-refractivity contribution is 0.258. The molecule has 1 aliphatic carbocycles. The standard InChI is InChI=1S/C12H18N2O/c13-7-1-2-8-14(11-5-6-11)10-12-4-3-9-15-12/h1-4,9,11H,5-8,10,13H2. The van der Waals surface area contributed by atoms with Crippen molar-refractivity contribution in [2.75, 3.05) is 13.1 Å². The van der Waals surface area contributed by atoms with Crippen LogP contribution in [-0.4, -0.2) is 24.0 Å². The second-order valence-electron chi connectivity index (χ2n) is 3.95. The zero-order chi connectivity index (χ0) is 10.5. The maximum absolute atomic E-state index is 5.42. The van der Waals surface area contributed by atoms with E-state index in [0.29, 0.717) is 6.54 Å². The van der Waals surface area contributed by atoms with Crippen LogP contribution in [0.2, 0.25) is 0 Å². The summed E-state index contributed by atoms with van der Waals surface area (Å²) in [6.45, 7) is 2.51. The molecule has 0 spiro atoms. The molecule has 0 aliphatic heterocycles. The first-order valence-electron chi connectivity index (χ1n) is 5.51. The molecule has 0 bridgehead atoms. The van der Waals surface area contributed by atoms with Gasteiger partial charge in [0, 0.05) is 19.1 Å². The third-order valence-corrected chi connectivity index (χ3v) is 2.64. The van der Waals surface area contributed by atoms with Gasteiger partial charge in [-0.2, -0.15) is 0 Å². The Morgan fingerprint density at radius 3 is 2.93 bits per heavy atom. The first-order valence-corrected chi connectivity index (χ1v) is 5.51. The second-order valence-corrected chi connectivity index (χ2v) is 3.95. The Balaban J connectivity index is 1.86. The van der Waals surface area contributed by atoms with Crippen LogP contribution in [0.4, 0.5) is 0 Å². The van der Waals surface area contributed by atoms with Crippen molar-refractivity contribution in [3.05, 3.63) is 36.3 Å². The lowest BCUT2D eigenvalue weighted by Gasteiger charge is -2.18. The highest BCUT2D eigenvalue weighted by molar-refractivity contribution is 5.01. The molecule has 2 N–H and O–H groups in total. The summed E-state index contributed by atoms with van der Waals surface area (Å²) in [6, 6.07) is 4.72. The Morgan fingerprint density at radius 1 is 1.47 bits per heavy atom. The summed E-state index contributed by atoms with van der Waals surface area (Å²) in [5.41, 5.74) is 5.42. The molecule has 0 amide bonds. The molecule has 1 aromatic heterocycles. The smallest absolute Gasteiger partial charge is 0.117 e. The van der Waals surface area contributed by atoms with E-state index in [4.69, 9.17) is 10.2 Å². The van der Waals surface area contributed by atoms with E-state index in [0.717, 1.165) is 24.9 Å². The van der Waals surface area contributed by atoms with Gasteiger partial charge in [-0.25, -0.2) is 0 Å². The molecule has 3 heteroatoms. The van der Waals surface area contributed by atoms with Gasteiger partial charge in [-0.3, -0.25) is 4.90 Å². The minimum absolute atomic E-state index is 0.624. The van der Waals surface area contributed by atoms with Crippen molar-refractivity contribution in [2.24, 2.45) is 5.73 Å². The molecule has 1 fully saturated rings. The van der Waals surface area contributed by atoms with Crippen molar-refractivity contribution in [3.63, 3.8) is 0 Å². The van der Waals surface area contributed by atoms with E-state index < -0.39 is 0 Å². The first-order chi connectivity index (χ1) is 7.40. The lowest BCUT2D eigenvalue weighted by atomic mass is 10.3. The highest BCUT2D eigenvalue weighted by Crippen LogP contribution is 2.28. The van der Waals surface area contributed by atoms with Crippen molar-refractivity contribution in [1.29, 1.82) is 0 Å². The van der Waals surface area contributed by atoms with Crippen LogP contribution in [0.3, 0.4) is 0 Å². The Labute approximate surface area is 90.5 Å². The van der Waals surface area contributed by atoms with E-state index in [1.54, 1.807) is 6.26 Å². The average molecular weight is 206 g/mol. The third-order valence-electron chi connectivity index (χ3n) is 2.64. The fourth-order valence-corrected chi connectivity index (χ4v) is 1.69. The van der Waals surface area contributed by atoms with Gasteiger partial charge < -0.3 is 10.2 Å². The normalized spacial score (nSPS) is 16.7. The highest BCUT2D eigenvalue weighted by atomic mass is 16.3. The molecule has 2 rings (SSSR count). The van der Waals surface area contributed by atoms with Crippen LogP contribution in [0, 0.1) is 0 Å². The molecule has 1 aliphatic rings. The molecule has 0 atom stereocenters. The van der Waals surface area contributed by atoms with Gasteiger partial charge in [-0.05, 0) is 25.0 Å².